The molecule has 3 aromatic carbocycles. The fourth-order valence-corrected chi connectivity index (χ4v) is 3.83. The molecule has 38 heavy (non-hydrogen) atoms. The highest BCUT2D eigenvalue weighted by atomic mass is 35.5. The molecule has 9 heteroatoms. The Labute approximate surface area is 226 Å². The van der Waals surface area contributed by atoms with E-state index in [1.807, 2.05) is 31.2 Å². The maximum absolute atomic E-state index is 13.4. The predicted octanol–water partition coefficient (Wildman–Crippen LogP) is 6.10. The molecule has 0 atom stereocenters. The Morgan fingerprint density at radius 3 is 2.79 bits per heavy atom. The monoisotopic (exact) mass is 531 g/mol. The zero-order chi connectivity index (χ0) is 26.7. The minimum atomic E-state index is -0.311. The van der Waals surface area contributed by atoms with Crippen LogP contribution in [0.3, 0.4) is 0 Å². The molecular formula is C29H27ClFN5O2. The first kappa shape index (κ1) is 26.9. The summed E-state index contributed by atoms with van der Waals surface area (Å²) < 4.78 is 19.2. The quantitative estimate of drug-likeness (QED) is 0.105. The lowest BCUT2D eigenvalue weighted by Gasteiger charge is -2.12. The maximum atomic E-state index is 13.4. The molecule has 0 aliphatic rings. The molecule has 194 valence electrons. The second-order valence-corrected chi connectivity index (χ2v) is 8.55. The number of anilines is 2. The van der Waals surface area contributed by atoms with Crippen LogP contribution >= 0.6 is 11.6 Å². The molecule has 0 unspecified atom stereocenters. The van der Waals surface area contributed by atoms with Gasteiger partial charge >= 0.3 is 0 Å². The first-order valence-corrected chi connectivity index (χ1v) is 12.5. The minimum absolute atomic E-state index is 0.201. The molecule has 0 amide bonds. The summed E-state index contributed by atoms with van der Waals surface area (Å²) in [6.07, 6.45) is 1.49. The number of hydrogen-bond acceptors (Lipinski definition) is 7. The van der Waals surface area contributed by atoms with Gasteiger partial charge in [0.1, 0.15) is 36.9 Å². The van der Waals surface area contributed by atoms with Crippen molar-refractivity contribution >= 4 is 39.7 Å². The van der Waals surface area contributed by atoms with E-state index in [9.17, 15) is 4.39 Å². The second-order valence-electron chi connectivity index (χ2n) is 8.14. The summed E-state index contributed by atoms with van der Waals surface area (Å²) >= 11 is 6.47. The fourth-order valence-electron chi connectivity index (χ4n) is 3.59. The van der Waals surface area contributed by atoms with Gasteiger partial charge in [0.15, 0.2) is 5.71 Å². The van der Waals surface area contributed by atoms with Gasteiger partial charge in [-0.3, -0.25) is 0 Å². The van der Waals surface area contributed by atoms with Gasteiger partial charge in [0, 0.05) is 23.2 Å². The van der Waals surface area contributed by atoms with Gasteiger partial charge in [-0.1, -0.05) is 41.7 Å². The van der Waals surface area contributed by atoms with Gasteiger partial charge in [-0.2, -0.15) is 0 Å². The number of hydrogen-bond donors (Lipinski definition) is 2. The Hall–Kier alpha value is -4.19. The van der Waals surface area contributed by atoms with Crippen molar-refractivity contribution in [2.75, 3.05) is 25.0 Å². The van der Waals surface area contributed by atoms with Gasteiger partial charge in [-0.05, 0) is 73.5 Å². The molecule has 4 aromatic rings. The van der Waals surface area contributed by atoms with Crippen molar-refractivity contribution in [2.45, 2.75) is 20.5 Å². The number of nitrogens with one attached hydrogen (secondary N) is 2. The summed E-state index contributed by atoms with van der Waals surface area (Å²) in [4.78, 5) is 14.3. The first-order valence-electron chi connectivity index (χ1n) is 12.1. The third-order valence-corrected chi connectivity index (χ3v) is 5.70. The van der Waals surface area contributed by atoms with Crippen LogP contribution in [0, 0.1) is 17.7 Å². The van der Waals surface area contributed by atoms with Crippen molar-refractivity contribution in [3.63, 3.8) is 0 Å². The highest BCUT2D eigenvalue weighted by molar-refractivity contribution is 6.32. The molecule has 1 heterocycles. The largest absolute Gasteiger partial charge is 0.487 e. The Morgan fingerprint density at radius 1 is 1.11 bits per heavy atom. The summed E-state index contributed by atoms with van der Waals surface area (Å²) in [6, 6.07) is 17.3. The van der Waals surface area contributed by atoms with E-state index in [1.165, 1.54) is 18.5 Å². The molecule has 0 fully saturated rings. The summed E-state index contributed by atoms with van der Waals surface area (Å²) in [7, 11) is 0. The van der Waals surface area contributed by atoms with Crippen LogP contribution < -0.4 is 15.4 Å². The maximum Gasteiger partial charge on any atom is 0.159 e. The number of ether oxygens (including phenoxy) is 1. The molecule has 0 bridgehead atoms. The lowest BCUT2D eigenvalue weighted by atomic mass is 10.1. The number of aromatic nitrogens is 2. The average molecular weight is 532 g/mol. The Balaban J connectivity index is 1.53. The lowest BCUT2D eigenvalue weighted by Crippen LogP contribution is -2.18. The number of fused-ring (bicyclic) bond motifs is 1. The molecule has 0 saturated heterocycles. The number of rotatable bonds is 11. The molecule has 0 saturated carbocycles. The molecule has 2 N–H and O–H groups in total. The van der Waals surface area contributed by atoms with E-state index in [4.69, 9.17) is 21.2 Å². The van der Waals surface area contributed by atoms with Crippen molar-refractivity contribution in [3.05, 3.63) is 89.0 Å². The van der Waals surface area contributed by atoms with Gasteiger partial charge in [-0.15, -0.1) is 0 Å². The summed E-state index contributed by atoms with van der Waals surface area (Å²) in [5.74, 6) is 6.67. The summed E-state index contributed by atoms with van der Waals surface area (Å²) in [6.45, 7) is 5.99. The highest BCUT2D eigenvalue weighted by Crippen LogP contribution is 2.31. The van der Waals surface area contributed by atoms with Crippen LogP contribution in [-0.2, 0) is 11.4 Å². The summed E-state index contributed by atoms with van der Waals surface area (Å²) in [5, 5.41) is 11.9. The lowest BCUT2D eigenvalue weighted by molar-refractivity contribution is 0.147. The van der Waals surface area contributed by atoms with Crippen molar-refractivity contribution in [1.82, 2.24) is 15.3 Å². The molecule has 0 spiro atoms. The molecule has 0 radical (unpaired) electrons. The number of benzene rings is 3. The zero-order valence-corrected chi connectivity index (χ0v) is 21.8. The van der Waals surface area contributed by atoms with Crippen molar-refractivity contribution in [1.29, 1.82) is 0 Å². The normalized spacial score (nSPS) is 11.1. The Kier molecular flexibility index (Phi) is 9.46. The Bertz CT molecular complexity index is 1500. The smallest absolute Gasteiger partial charge is 0.159 e. The number of nitrogens with zero attached hydrogens (tertiary/aromatic N) is 3. The molecule has 7 nitrogen and oxygen atoms in total. The third-order valence-electron chi connectivity index (χ3n) is 5.41. The standard InChI is InChI=1S/C29H27ClFN5O2/c1-3-6-26(36-38-14-13-32-4-2)21-9-11-27-24(16-21)29(34-19-33-27)35-23-10-12-28(25(30)17-23)37-18-20-7-5-8-22(31)15-20/h5,7-12,15-17,19,32H,4,13-14,18H2,1-2H3,(H,33,34,35)/b36-26+. The third kappa shape index (κ3) is 7.19. The van der Waals surface area contributed by atoms with Crippen LogP contribution in [0.15, 0.2) is 72.1 Å². The van der Waals surface area contributed by atoms with E-state index in [2.05, 4.69) is 37.6 Å². The average Bonchev–Trinajstić information content (AvgIpc) is 2.92. The molecule has 1 aromatic heterocycles. The van der Waals surface area contributed by atoms with Crippen molar-refractivity contribution in [2.24, 2.45) is 5.16 Å². The molecule has 4 rings (SSSR count). The highest BCUT2D eigenvalue weighted by Gasteiger charge is 2.11. The van der Waals surface area contributed by atoms with Crippen LogP contribution in [0.25, 0.3) is 10.9 Å². The predicted molar refractivity (Wildman–Crippen MR) is 149 cm³/mol. The zero-order valence-electron chi connectivity index (χ0n) is 21.1. The minimum Gasteiger partial charge on any atom is -0.487 e. The van der Waals surface area contributed by atoms with E-state index < -0.39 is 0 Å². The van der Waals surface area contributed by atoms with Crippen LogP contribution in [-0.4, -0.2) is 35.4 Å². The Morgan fingerprint density at radius 2 is 2.00 bits per heavy atom. The SMILES string of the molecule is CC#C/C(=N\OCCNCC)c1ccc2ncnc(Nc3ccc(OCc4cccc(F)c4)c(Cl)c3)c2c1. The van der Waals surface area contributed by atoms with Gasteiger partial charge in [0.25, 0.3) is 0 Å². The van der Waals surface area contributed by atoms with E-state index in [0.29, 0.717) is 46.7 Å². The van der Waals surface area contributed by atoms with Gasteiger partial charge in [-0.25, -0.2) is 14.4 Å². The van der Waals surface area contributed by atoms with Gasteiger partial charge < -0.3 is 20.2 Å². The van der Waals surface area contributed by atoms with Gasteiger partial charge in [0.05, 0.1) is 10.5 Å². The van der Waals surface area contributed by atoms with Crippen molar-refractivity contribution < 1.29 is 14.0 Å². The van der Waals surface area contributed by atoms with E-state index >= 15 is 0 Å². The first-order chi connectivity index (χ1) is 18.6. The molecule has 0 aliphatic heterocycles. The van der Waals surface area contributed by atoms with E-state index in [1.54, 1.807) is 31.2 Å². The summed E-state index contributed by atoms with van der Waals surface area (Å²) in [5.41, 5.74) is 3.48. The van der Waals surface area contributed by atoms with Gasteiger partial charge in [0.2, 0.25) is 0 Å². The van der Waals surface area contributed by atoms with Crippen LogP contribution in [0.2, 0.25) is 5.02 Å². The van der Waals surface area contributed by atoms with Crippen LogP contribution in [0.1, 0.15) is 25.0 Å². The van der Waals surface area contributed by atoms with E-state index in [-0.39, 0.29) is 12.4 Å². The van der Waals surface area contributed by atoms with Crippen LogP contribution in [0.4, 0.5) is 15.9 Å². The molecular weight excluding hydrogens is 505 g/mol. The second kappa shape index (κ2) is 13.4. The topological polar surface area (TPSA) is 80.7 Å². The number of likely N-dealkylation sites (N-methyl/N-ethyl adjacent to an activating group) is 1. The fraction of sp³-hybridized carbons (Fsp3) is 0.207. The van der Waals surface area contributed by atoms with E-state index in [0.717, 1.165) is 23.0 Å². The number of oxime groups is 1. The number of halogens is 2. The van der Waals surface area contributed by atoms with Crippen LogP contribution in [0.5, 0.6) is 5.75 Å². The molecule has 0 aliphatic carbocycles. The van der Waals surface area contributed by atoms with Crippen molar-refractivity contribution in [3.8, 4) is 17.6 Å².